The number of aromatic nitrogens is 2. The van der Waals surface area contributed by atoms with Gasteiger partial charge in [-0.25, -0.2) is 4.98 Å². The number of aryl methyl sites for hydroxylation is 1. The van der Waals surface area contributed by atoms with Gasteiger partial charge in [0.05, 0.1) is 11.1 Å². The molecule has 0 unspecified atom stereocenters. The van der Waals surface area contributed by atoms with Crippen LogP contribution in [0.25, 0.3) is 33.2 Å². The first-order chi connectivity index (χ1) is 13.8. The fraction of sp³-hybridized carbons (Fsp3) is 0.0909. The molecule has 0 saturated carbocycles. The van der Waals surface area contributed by atoms with Crippen LogP contribution in [0, 0.1) is 6.92 Å². The van der Waals surface area contributed by atoms with Gasteiger partial charge >= 0.3 is 6.18 Å². The maximum absolute atomic E-state index is 12.9. The molecule has 0 saturated heterocycles. The van der Waals surface area contributed by atoms with Gasteiger partial charge in [0, 0.05) is 5.39 Å². The number of anilines is 2. The zero-order valence-corrected chi connectivity index (χ0v) is 15.5. The lowest BCUT2D eigenvalue weighted by molar-refractivity contribution is -0.137. The minimum absolute atomic E-state index is 0.104. The van der Waals surface area contributed by atoms with Gasteiger partial charge < -0.3 is 11.5 Å². The summed E-state index contributed by atoms with van der Waals surface area (Å²) < 4.78 is 38.7. The Morgan fingerprint density at radius 1 is 0.759 bits per heavy atom. The molecular weight excluding hydrogens is 377 g/mol. The smallest absolute Gasteiger partial charge is 0.383 e. The number of nitrogens with two attached hydrogens (primary N) is 2. The summed E-state index contributed by atoms with van der Waals surface area (Å²) in [6.07, 6.45) is -4.37. The molecule has 0 bridgehead atoms. The third-order valence-electron chi connectivity index (χ3n) is 4.91. The van der Waals surface area contributed by atoms with E-state index in [0.29, 0.717) is 22.3 Å². The second kappa shape index (κ2) is 6.77. The van der Waals surface area contributed by atoms with Crippen LogP contribution in [0.2, 0.25) is 0 Å². The van der Waals surface area contributed by atoms with Gasteiger partial charge in [-0.05, 0) is 52.9 Å². The Morgan fingerprint density at radius 2 is 1.41 bits per heavy atom. The molecule has 3 aromatic carbocycles. The summed E-state index contributed by atoms with van der Waals surface area (Å²) in [5.41, 5.74) is 15.9. The van der Waals surface area contributed by atoms with Crippen LogP contribution in [0.4, 0.5) is 24.9 Å². The van der Waals surface area contributed by atoms with Crippen LogP contribution >= 0.6 is 0 Å². The van der Waals surface area contributed by atoms with Gasteiger partial charge in [-0.15, -0.1) is 0 Å². The van der Waals surface area contributed by atoms with E-state index >= 15 is 0 Å². The average Bonchev–Trinajstić information content (AvgIpc) is 2.67. The highest BCUT2D eigenvalue weighted by Gasteiger charge is 2.30. The summed E-state index contributed by atoms with van der Waals surface area (Å²) in [5.74, 6) is 0.395. The molecule has 0 fully saturated rings. The second-order valence-electron chi connectivity index (χ2n) is 6.72. The molecule has 1 heterocycles. The zero-order valence-electron chi connectivity index (χ0n) is 15.5. The molecule has 0 radical (unpaired) electrons. The highest BCUT2D eigenvalue weighted by molar-refractivity contribution is 5.98. The van der Waals surface area contributed by atoms with Gasteiger partial charge in [0.1, 0.15) is 5.82 Å². The molecule has 4 aromatic rings. The molecule has 0 atom stereocenters. The standard InChI is InChI=1S/C22H17F3N4/c1-12-15(10-11-18-19(12)20(26)29-21(27)28-18)17-5-3-2-4-16(17)13-6-8-14(9-7-13)22(23,24)25/h2-11H,1H3,(H4,26,27,28,29). The van der Waals surface area contributed by atoms with Crippen molar-refractivity contribution in [1.29, 1.82) is 0 Å². The van der Waals surface area contributed by atoms with Crippen molar-refractivity contribution in [1.82, 2.24) is 9.97 Å². The Morgan fingerprint density at radius 3 is 2.07 bits per heavy atom. The molecule has 0 amide bonds. The lowest BCUT2D eigenvalue weighted by Crippen LogP contribution is -2.04. The Balaban J connectivity index is 1.89. The van der Waals surface area contributed by atoms with E-state index in [1.54, 1.807) is 0 Å². The molecule has 29 heavy (non-hydrogen) atoms. The number of nitrogens with zero attached hydrogens (tertiary/aromatic N) is 2. The Bertz CT molecular complexity index is 1220. The Hall–Kier alpha value is -3.61. The summed E-state index contributed by atoms with van der Waals surface area (Å²) in [5, 5.41) is 0.707. The molecule has 7 heteroatoms. The van der Waals surface area contributed by atoms with E-state index in [0.717, 1.165) is 34.4 Å². The van der Waals surface area contributed by atoms with E-state index in [1.807, 2.05) is 43.3 Å². The van der Waals surface area contributed by atoms with Crippen molar-refractivity contribution < 1.29 is 13.2 Å². The lowest BCUT2D eigenvalue weighted by atomic mass is 9.90. The van der Waals surface area contributed by atoms with Crippen LogP contribution in [-0.2, 0) is 6.18 Å². The first-order valence-electron chi connectivity index (χ1n) is 8.85. The molecule has 1 aromatic heterocycles. The minimum Gasteiger partial charge on any atom is -0.383 e. The van der Waals surface area contributed by atoms with Crippen LogP contribution in [-0.4, -0.2) is 9.97 Å². The number of halogens is 3. The minimum atomic E-state index is -4.37. The molecule has 0 aliphatic carbocycles. The molecule has 146 valence electrons. The van der Waals surface area contributed by atoms with E-state index < -0.39 is 11.7 Å². The summed E-state index contributed by atoms with van der Waals surface area (Å²) in [7, 11) is 0. The van der Waals surface area contributed by atoms with Crippen LogP contribution in [0.1, 0.15) is 11.1 Å². The van der Waals surface area contributed by atoms with Crippen molar-refractivity contribution in [2.45, 2.75) is 13.1 Å². The van der Waals surface area contributed by atoms with Crippen LogP contribution in [0.15, 0.2) is 60.7 Å². The second-order valence-corrected chi connectivity index (χ2v) is 6.72. The van der Waals surface area contributed by atoms with E-state index in [9.17, 15) is 13.2 Å². The van der Waals surface area contributed by atoms with Gasteiger partial charge in [0.15, 0.2) is 0 Å². The third kappa shape index (κ3) is 3.35. The maximum atomic E-state index is 12.9. The largest absolute Gasteiger partial charge is 0.416 e. The first-order valence-corrected chi connectivity index (χ1v) is 8.85. The summed E-state index contributed by atoms with van der Waals surface area (Å²) in [4.78, 5) is 8.27. The number of alkyl halides is 3. The number of hydrogen-bond donors (Lipinski definition) is 2. The molecule has 4 rings (SSSR count). The van der Waals surface area contributed by atoms with Gasteiger partial charge in [-0.3, -0.25) is 0 Å². The molecule has 0 aliphatic heterocycles. The van der Waals surface area contributed by atoms with Gasteiger partial charge in [-0.2, -0.15) is 18.2 Å². The molecular formula is C22H17F3N4. The fourth-order valence-electron chi connectivity index (χ4n) is 3.54. The van der Waals surface area contributed by atoms with E-state index in [1.165, 1.54) is 12.1 Å². The SMILES string of the molecule is Cc1c(-c2ccccc2-c2ccc(C(F)(F)F)cc2)ccc2nc(N)nc(N)c12. The number of nitrogen functional groups attached to an aromatic ring is 2. The first kappa shape index (κ1) is 18.7. The van der Waals surface area contributed by atoms with Crippen LogP contribution < -0.4 is 11.5 Å². The maximum Gasteiger partial charge on any atom is 0.416 e. The van der Waals surface area contributed by atoms with Crippen LogP contribution in [0.3, 0.4) is 0 Å². The zero-order chi connectivity index (χ0) is 20.8. The molecule has 0 aliphatic rings. The summed E-state index contributed by atoms with van der Waals surface area (Å²) in [6.45, 7) is 1.91. The van der Waals surface area contributed by atoms with E-state index in [-0.39, 0.29) is 5.95 Å². The van der Waals surface area contributed by atoms with Crippen LogP contribution in [0.5, 0.6) is 0 Å². The van der Waals surface area contributed by atoms with Crippen molar-refractivity contribution in [3.63, 3.8) is 0 Å². The van der Waals surface area contributed by atoms with Crippen molar-refractivity contribution in [3.05, 3.63) is 71.8 Å². The quantitative estimate of drug-likeness (QED) is 0.474. The van der Waals surface area contributed by atoms with Gasteiger partial charge in [0.2, 0.25) is 5.95 Å². The summed E-state index contributed by atoms with van der Waals surface area (Å²) >= 11 is 0. The van der Waals surface area contributed by atoms with Crippen molar-refractivity contribution >= 4 is 22.7 Å². The third-order valence-corrected chi connectivity index (χ3v) is 4.91. The lowest BCUT2D eigenvalue weighted by Gasteiger charge is -2.15. The van der Waals surface area contributed by atoms with E-state index in [2.05, 4.69) is 9.97 Å². The predicted octanol–water partition coefficient (Wildman–Crippen LogP) is 5.46. The number of hydrogen-bond acceptors (Lipinski definition) is 4. The van der Waals surface area contributed by atoms with Gasteiger partial charge in [-0.1, -0.05) is 42.5 Å². The molecule has 4 nitrogen and oxygen atoms in total. The predicted molar refractivity (Wildman–Crippen MR) is 109 cm³/mol. The topological polar surface area (TPSA) is 77.8 Å². The Labute approximate surface area is 165 Å². The normalized spacial score (nSPS) is 11.7. The number of benzene rings is 3. The molecule has 4 N–H and O–H groups in total. The highest BCUT2D eigenvalue weighted by Crippen LogP contribution is 2.38. The average molecular weight is 394 g/mol. The Kier molecular flexibility index (Phi) is 4.38. The summed E-state index contributed by atoms with van der Waals surface area (Å²) in [6, 6.07) is 16.4. The number of rotatable bonds is 2. The molecule has 0 spiro atoms. The van der Waals surface area contributed by atoms with Crippen molar-refractivity contribution in [3.8, 4) is 22.3 Å². The van der Waals surface area contributed by atoms with Crippen molar-refractivity contribution in [2.75, 3.05) is 11.5 Å². The number of fused-ring (bicyclic) bond motifs is 1. The van der Waals surface area contributed by atoms with E-state index in [4.69, 9.17) is 11.5 Å². The van der Waals surface area contributed by atoms with Gasteiger partial charge in [0.25, 0.3) is 0 Å². The monoisotopic (exact) mass is 394 g/mol. The highest BCUT2D eigenvalue weighted by atomic mass is 19.4. The van der Waals surface area contributed by atoms with Crippen molar-refractivity contribution in [2.24, 2.45) is 0 Å². The fourth-order valence-corrected chi connectivity index (χ4v) is 3.54.